The molecule has 1 amide bonds. The van der Waals surface area contributed by atoms with Crippen molar-refractivity contribution in [3.63, 3.8) is 0 Å². The standard InChI is InChI=1S/C19H23FN2O3S/c1-3-4-5-12-21-19(23)18-13-17(11-6-14(18)2)26(24,25)22-16-9-7-15(20)8-10-16/h6-11,13,22H,3-5,12H2,1-2H3,(H,21,23). The SMILES string of the molecule is CCCCCNC(=O)c1cc(S(=O)(=O)Nc2ccc(F)cc2)ccc1C. The average molecular weight is 378 g/mol. The van der Waals surface area contributed by atoms with E-state index in [0.29, 0.717) is 17.7 Å². The van der Waals surface area contributed by atoms with Crippen molar-refractivity contribution in [3.05, 3.63) is 59.4 Å². The van der Waals surface area contributed by atoms with Gasteiger partial charge in [0.2, 0.25) is 0 Å². The van der Waals surface area contributed by atoms with Crippen molar-refractivity contribution >= 4 is 21.6 Å². The summed E-state index contributed by atoms with van der Waals surface area (Å²) in [5.74, 6) is -0.747. The predicted octanol–water partition coefficient (Wildman–Crippen LogP) is 3.85. The van der Waals surface area contributed by atoms with Crippen LogP contribution in [-0.2, 0) is 10.0 Å². The lowest BCUT2D eigenvalue weighted by atomic mass is 10.1. The van der Waals surface area contributed by atoms with Crippen molar-refractivity contribution < 1.29 is 17.6 Å². The van der Waals surface area contributed by atoms with Gasteiger partial charge in [-0.05, 0) is 55.3 Å². The zero-order chi connectivity index (χ0) is 19.2. The second-order valence-electron chi connectivity index (χ2n) is 6.05. The smallest absolute Gasteiger partial charge is 0.261 e. The molecule has 0 saturated heterocycles. The molecule has 0 spiro atoms. The number of nitrogens with one attached hydrogen (secondary N) is 2. The first-order valence-corrected chi connectivity index (χ1v) is 9.99. The van der Waals surface area contributed by atoms with E-state index in [0.717, 1.165) is 19.3 Å². The average Bonchev–Trinajstić information content (AvgIpc) is 2.60. The lowest BCUT2D eigenvalue weighted by Crippen LogP contribution is -2.25. The van der Waals surface area contributed by atoms with Gasteiger partial charge in [0, 0.05) is 17.8 Å². The molecule has 0 unspecified atom stereocenters. The Kier molecular flexibility index (Phi) is 6.74. The summed E-state index contributed by atoms with van der Waals surface area (Å²) in [5.41, 5.74) is 1.26. The molecule has 140 valence electrons. The number of carbonyl (C=O) groups excluding carboxylic acids is 1. The maximum Gasteiger partial charge on any atom is 0.261 e. The number of halogens is 1. The predicted molar refractivity (Wildman–Crippen MR) is 100 cm³/mol. The highest BCUT2D eigenvalue weighted by Crippen LogP contribution is 2.19. The summed E-state index contributed by atoms with van der Waals surface area (Å²) in [6.45, 7) is 4.39. The van der Waals surface area contributed by atoms with Crippen molar-refractivity contribution in [2.24, 2.45) is 0 Å². The minimum Gasteiger partial charge on any atom is -0.352 e. The number of amides is 1. The van der Waals surface area contributed by atoms with E-state index in [1.54, 1.807) is 13.0 Å². The lowest BCUT2D eigenvalue weighted by Gasteiger charge is -2.12. The number of carbonyl (C=O) groups is 1. The fourth-order valence-electron chi connectivity index (χ4n) is 2.42. The summed E-state index contributed by atoms with van der Waals surface area (Å²) in [6.07, 6.45) is 2.96. The minimum atomic E-state index is -3.88. The van der Waals surface area contributed by atoms with E-state index in [2.05, 4.69) is 17.0 Å². The van der Waals surface area contributed by atoms with Gasteiger partial charge in [-0.2, -0.15) is 0 Å². The Bertz CT molecular complexity index is 865. The van der Waals surface area contributed by atoms with Crippen LogP contribution < -0.4 is 10.0 Å². The quantitative estimate of drug-likeness (QED) is 0.685. The van der Waals surface area contributed by atoms with E-state index in [9.17, 15) is 17.6 Å². The van der Waals surface area contributed by atoms with E-state index in [1.807, 2.05) is 0 Å². The number of aryl methyl sites for hydroxylation is 1. The third-order valence-corrected chi connectivity index (χ3v) is 5.31. The summed E-state index contributed by atoms with van der Waals surface area (Å²) in [7, 11) is -3.88. The number of sulfonamides is 1. The van der Waals surface area contributed by atoms with Crippen LogP contribution in [0.25, 0.3) is 0 Å². The Morgan fingerprint density at radius 2 is 1.77 bits per heavy atom. The highest BCUT2D eigenvalue weighted by Gasteiger charge is 2.18. The number of anilines is 1. The largest absolute Gasteiger partial charge is 0.352 e. The monoisotopic (exact) mass is 378 g/mol. The minimum absolute atomic E-state index is 0.0221. The van der Waals surface area contributed by atoms with Gasteiger partial charge in [-0.25, -0.2) is 12.8 Å². The van der Waals surface area contributed by atoms with Crippen molar-refractivity contribution in [3.8, 4) is 0 Å². The van der Waals surface area contributed by atoms with Crippen molar-refractivity contribution in [2.45, 2.75) is 38.0 Å². The van der Waals surface area contributed by atoms with Crippen LogP contribution in [0.5, 0.6) is 0 Å². The van der Waals surface area contributed by atoms with E-state index >= 15 is 0 Å². The molecule has 0 bridgehead atoms. The van der Waals surface area contributed by atoms with Crippen LogP contribution in [0, 0.1) is 12.7 Å². The Morgan fingerprint density at radius 1 is 1.08 bits per heavy atom. The van der Waals surface area contributed by atoms with Gasteiger partial charge in [0.25, 0.3) is 15.9 Å². The number of benzene rings is 2. The third kappa shape index (κ3) is 5.29. The Hall–Kier alpha value is -2.41. The fourth-order valence-corrected chi connectivity index (χ4v) is 3.50. The topological polar surface area (TPSA) is 75.3 Å². The molecule has 26 heavy (non-hydrogen) atoms. The Balaban J connectivity index is 2.18. The first kappa shape index (κ1) is 19.9. The molecule has 0 saturated carbocycles. The van der Waals surface area contributed by atoms with E-state index in [-0.39, 0.29) is 16.5 Å². The summed E-state index contributed by atoms with van der Waals surface area (Å²) in [5, 5.41) is 2.81. The molecule has 7 heteroatoms. The molecule has 0 radical (unpaired) electrons. The second kappa shape index (κ2) is 8.80. The third-order valence-electron chi connectivity index (χ3n) is 3.93. The summed E-state index contributed by atoms with van der Waals surface area (Å²) in [4.78, 5) is 12.3. The molecule has 5 nitrogen and oxygen atoms in total. The van der Waals surface area contributed by atoms with Gasteiger partial charge < -0.3 is 5.32 Å². The van der Waals surface area contributed by atoms with Crippen molar-refractivity contribution in [2.75, 3.05) is 11.3 Å². The molecular weight excluding hydrogens is 355 g/mol. The van der Waals surface area contributed by atoms with Gasteiger partial charge >= 0.3 is 0 Å². The summed E-state index contributed by atoms with van der Waals surface area (Å²) >= 11 is 0. The van der Waals surface area contributed by atoms with Crippen LogP contribution in [0.2, 0.25) is 0 Å². The van der Waals surface area contributed by atoms with Crippen LogP contribution in [0.3, 0.4) is 0 Å². The van der Waals surface area contributed by atoms with Crippen LogP contribution in [0.4, 0.5) is 10.1 Å². The molecule has 0 aromatic heterocycles. The highest BCUT2D eigenvalue weighted by molar-refractivity contribution is 7.92. The van der Waals surface area contributed by atoms with Crippen molar-refractivity contribution in [1.82, 2.24) is 5.32 Å². The Labute approximate surface area is 153 Å². The Morgan fingerprint density at radius 3 is 2.42 bits per heavy atom. The van der Waals surface area contributed by atoms with Crippen LogP contribution >= 0.6 is 0 Å². The zero-order valence-corrected chi connectivity index (χ0v) is 15.7. The lowest BCUT2D eigenvalue weighted by molar-refractivity contribution is 0.0952. The molecule has 0 aliphatic rings. The molecule has 2 aromatic rings. The van der Waals surface area contributed by atoms with E-state index < -0.39 is 15.8 Å². The number of hydrogen-bond donors (Lipinski definition) is 2. The van der Waals surface area contributed by atoms with Crippen LogP contribution in [0.1, 0.15) is 42.1 Å². The van der Waals surface area contributed by atoms with Gasteiger partial charge in [-0.15, -0.1) is 0 Å². The molecule has 2 rings (SSSR count). The first-order chi connectivity index (χ1) is 12.3. The first-order valence-electron chi connectivity index (χ1n) is 8.50. The summed E-state index contributed by atoms with van der Waals surface area (Å²) < 4.78 is 40.4. The normalized spacial score (nSPS) is 11.2. The van der Waals surface area contributed by atoms with Gasteiger partial charge in [-0.3, -0.25) is 9.52 Å². The molecule has 0 atom stereocenters. The molecule has 2 aromatic carbocycles. The molecule has 0 aliphatic heterocycles. The maximum absolute atomic E-state index is 13.0. The molecule has 0 fully saturated rings. The van der Waals surface area contributed by atoms with Crippen LogP contribution in [0.15, 0.2) is 47.4 Å². The molecule has 0 heterocycles. The fraction of sp³-hybridized carbons (Fsp3) is 0.316. The molecular formula is C19H23FN2O3S. The molecule has 2 N–H and O–H groups in total. The van der Waals surface area contributed by atoms with E-state index in [1.165, 1.54) is 36.4 Å². The van der Waals surface area contributed by atoms with E-state index in [4.69, 9.17) is 0 Å². The van der Waals surface area contributed by atoms with Gasteiger partial charge in [0.05, 0.1) is 4.90 Å². The van der Waals surface area contributed by atoms with Crippen molar-refractivity contribution in [1.29, 1.82) is 0 Å². The summed E-state index contributed by atoms with van der Waals surface area (Å²) in [6, 6.07) is 9.40. The number of unbranched alkanes of at least 4 members (excludes halogenated alkanes) is 2. The zero-order valence-electron chi connectivity index (χ0n) is 14.9. The van der Waals surface area contributed by atoms with Gasteiger partial charge in [0.15, 0.2) is 0 Å². The maximum atomic E-state index is 13.0. The van der Waals surface area contributed by atoms with Gasteiger partial charge in [0.1, 0.15) is 5.82 Å². The molecule has 0 aliphatic carbocycles. The number of rotatable bonds is 8. The second-order valence-corrected chi connectivity index (χ2v) is 7.73. The van der Waals surface area contributed by atoms with Crippen LogP contribution in [-0.4, -0.2) is 20.9 Å². The highest BCUT2D eigenvalue weighted by atomic mass is 32.2. The van der Waals surface area contributed by atoms with Gasteiger partial charge in [-0.1, -0.05) is 25.8 Å². The number of hydrogen-bond acceptors (Lipinski definition) is 3.